The number of aryl methyl sites for hydroxylation is 1. The van der Waals surface area contributed by atoms with Crippen LogP contribution in [0.3, 0.4) is 0 Å². The number of ether oxygens (including phenoxy) is 1. The van der Waals surface area contributed by atoms with Gasteiger partial charge in [-0.15, -0.1) is 0 Å². The van der Waals surface area contributed by atoms with Crippen LogP contribution < -0.4 is 9.46 Å². The summed E-state index contributed by atoms with van der Waals surface area (Å²) in [6.45, 7) is 0. The van der Waals surface area contributed by atoms with Crippen LogP contribution in [0.5, 0.6) is 5.75 Å². The predicted octanol–water partition coefficient (Wildman–Crippen LogP) is 1.75. The van der Waals surface area contributed by atoms with Crippen molar-refractivity contribution in [2.75, 3.05) is 11.8 Å². The fourth-order valence-corrected chi connectivity index (χ4v) is 3.18. The molecule has 0 unspecified atom stereocenters. The molecule has 0 bridgehead atoms. The van der Waals surface area contributed by atoms with Gasteiger partial charge in [-0.05, 0) is 12.1 Å². The monoisotopic (exact) mass is 326 g/mol. The van der Waals surface area contributed by atoms with Crippen LogP contribution in [-0.4, -0.2) is 25.1 Å². The standard InChI is InChI=1S/C12H11ClN4O3S/c1-17-7-15-12(11(17)13)21(18,19)16-10-8(6-14)4-3-5-9(10)20-2/h3-5,7,16H,1-2H3. The number of hydrogen-bond donors (Lipinski definition) is 1. The SMILES string of the molecule is COc1cccc(C#N)c1NS(=O)(=O)c1ncn(C)c1Cl. The molecular formula is C12H11ClN4O3S. The van der Waals surface area contributed by atoms with Crippen molar-refractivity contribution in [2.45, 2.75) is 5.03 Å². The lowest BCUT2D eigenvalue weighted by Gasteiger charge is -2.12. The smallest absolute Gasteiger partial charge is 0.282 e. The van der Waals surface area contributed by atoms with E-state index in [1.165, 1.54) is 24.1 Å². The molecule has 0 saturated carbocycles. The highest BCUT2D eigenvalue weighted by molar-refractivity contribution is 7.92. The molecule has 1 aromatic carbocycles. The summed E-state index contributed by atoms with van der Waals surface area (Å²) < 4.78 is 33.4. The molecule has 0 aliphatic rings. The van der Waals surface area contributed by atoms with Gasteiger partial charge in [-0.3, -0.25) is 4.72 Å². The molecule has 0 atom stereocenters. The first-order valence-electron chi connectivity index (χ1n) is 5.67. The Hall–Kier alpha value is -2.24. The van der Waals surface area contributed by atoms with Crippen LogP contribution in [-0.2, 0) is 17.1 Å². The van der Waals surface area contributed by atoms with E-state index in [0.717, 1.165) is 0 Å². The summed E-state index contributed by atoms with van der Waals surface area (Å²) in [5, 5.41) is 8.73. The van der Waals surface area contributed by atoms with Gasteiger partial charge in [0.1, 0.15) is 22.7 Å². The van der Waals surface area contributed by atoms with E-state index in [-0.39, 0.29) is 27.2 Å². The van der Waals surface area contributed by atoms with Gasteiger partial charge in [0.05, 0.1) is 19.0 Å². The summed E-state index contributed by atoms with van der Waals surface area (Å²) in [4.78, 5) is 3.75. The van der Waals surface area contributed by atoms with E-state index in [4.69, 9.17) is 21.6 Å². The fraction of sp³-hybridized carbons (Fsp3) is 0.167. The maximum Gasteiger partial charge on any atom is 0.282 e. The summed E-state index contributed by atoms with van der Waals surface area (Å²) in [5.41, 5.74) is 0.175. The minimum absolute atomic E-state index is 0.0316. The number of aromatic nitrogens is 2. The first-order valence-corrected chi connectivity index (χ1v) is 7.53. The fourth-order valence-electron chi connectivity index (χ4n) is 1.66. The molecule has 0 aliphatic heterocycles. The largest absolute Gasteiger partial charge is 0.495 e. The second kappa shape index (κ2) is 5.63. The van der Waals surface area contributed by atoms with Gasteiger partial charge >= 0.3 is 0 Å². The molecule has 110 valence electrons. The quantitative estimate of drug-likeness (QED) is 0.923. The van der Waals surface area contributed by atoms with Crippen LogP contribution in [0.15, 0.2) is 29.6 Å². The Morgan fingerprint density at radius 3 is 2.71 bits per heavy atom. The molecule has 1 N–H and O–H groups in total. The van der Waals surface area contributed by atoms with Crippen molar-refractivity contribution < 1.29 is 13.2 Å². The summed E-state index contributed by atoms with van der Waals surface area (Å²) in [6, 6.07) is 6.50. The molecule has 0 saturated heterocycles. The van der Waals surface area contributed by atoms with Crippen molar-refractivity contribution in [2.24, 2.45) is 7.05 Å². The van der Waals surface area contributed by atoms with Crippen LogP contribution in [0.25, 0.3) is 0 Å². The van der Waals surface area contributed by atoms with Gasteiger partial charge in [0.2, 0.25) is 5.03 Å². The normalized spacial score (nSPS) is 11.0. The number of nitrogens with zero attached hydrogens (tertiary/aromatic N) is 3. The predicted molar refractivity (Wildman–Crippen MR) is 76.7 cm³/mol. The van der Waals surface area contributed by atoms with Crippen molar-refractivity contribution in [3.63, 3.8) is 0 Å². The Morgan fingerprint density at radius 2 is 2.19 bits per heavy atom. The third kappa shape index (κ3) is 2.79. The number of nitrogens with one attached hydrogen (secondary N) is 1. The lowest BCUT2D eigenvalue weighted by atomic mass is 10.2. The minimum atomic E-state index is -4.03. The van der Waals surface area contributed by atoms with E-state index >= 15 is 0 Å². The molecule has 1 heterocycles. The summed E-state index contributed by atoms with van der Waals surface area (Å²) in [6.07, 6.45) is 1.28. The van der Waals surface area contributed by atoms with Crippen molar-refractivity contribution >= 4 is 27.3 Å². The van der Waals surface area contributed by atoms with Gasteiger partial charge in [-0.25, -0.2) is 4.98 Å². The third-order valence-corrected chi connectivity index (χ3v) is 4.53. The zero-order valence-corrected chi connectivity index (χ0v) is 12.7. The summed E-state index contributed by atoms with van der Waals surface area (Å²) >= 11 is 5.89. The van der Waals surface area contributed by atoms with Crippen LogP contribution in [0.1, 0.15) is 5.56 Å². The molecule has 0 amide bonds. The molecular weight excluding hydrogens is 316 g/mol. The molecule has 0 fully saturated rings. The highest BCUT2D eigenvalue weighted by atomic mass is 35.5. The molecule has 1 aromatic heterocycles. The topological polar surface area (TPSA) is 97.0 Å². The maximum absolute atomic E-state index is 12.3. The van der Waals surface area contributed by atoms with Crippen LogP contribution in [0, 0.1) is 11.3 Å². The van der Waals surface area contributed by atoms with Gasteiger partial charge in [0.25, 0.3) is 10.0 Å². The molecule has 2 aromatic rings. The summed E-state index contributed by atoms with van der Waals surface area (Å²) in [5.74, 6) is 0.227. The number of methoxy groups -OCH3 is 1. The van der Waals surface area contributed by atoms with Crippen molar-refractivity contribution in [3.8, 4) is 11.8 Å². The molecule has 9 heteroatoms. The first kappa shape index (κ1) is 15.2. The third-order valence-electron chi connectivity index (χ3n) is 2.69. The second-order valence-corrected chi connectivity index (χ2v) is 6.01. The Labute approximate surface area is 126 Å². The molecule has 0 radical (unpaired) electrons. The highest BCUT2D eigenvalue weighted by Crippen LogP contribution is 2.31. The second-order valence-electron chi connectivity index (χ2n) is 4.05. The Morgan fingerprint density at radius 1 is 1.48 bits per heavy atom. The zero-order chi connectivity index (χ0) is 15.6. The van der Waals surface area contributed by atoms with E-state index in [2.05, 4.69) is 9.71 Å². The number of hydrogen-bond acceptors (Lipinski definition) is 5. The number of nitriles is 1. The van der Waals surface area contributed by atoms with Gasteiger partial charge < -0.3 is 9.30 Å². The maximum atomic E-state index is 12.3. The number of benzene rings is 1. The van der Waals surface area contributed by atoms with E-state index in [1.54, 1.807) is 19.2 Å². The van der Waals surface area contributed by atoms with Crippen LogP contribution >= 0.6 is 11.6 Å². The molecule has 2 rings (SSSR count). The van der Waals surface area contributed by atoms with E-state index < -0.39 is 10.0 Å². The number of sulfonamides is 1. The number of anilines is 1. The van der Waals surface area contributed by atoms with E-state index in [0.29, 0.717) is 0 Å². The Balaban J connectivity index is 2.52. The lowest BCUT2D eigenvalue weighted by Crippen LogP contribution is -2.15. The number of imidazole rings is 1. The highest BCUT2D eigenvalue weighted by Gasteiger charge is 2.25. The van der Waals surface area contributed by atoms with Crippen molar-refractivity contribution in [1.82, 2.24) is 9.55 Å². The number of rotatable bonds is 4. The van der Waals surface area contributed by atoms with Crippen LogP contribution in [0.4, 0.5) is 5.69 Å². The first-order chi connectivity index (χ1) is 9.90. The number of halogens is 1. The van der Waals surface area contributed by atoms with Crippen molar-refractivity contribution in [3.05, 3.63) is 35.2 Å². The minimum Gasteiger partial charge on any atom is -0.495 e. The van der Waals surface area contributed by atoms with Gasteiger partial charge in [0.15, 0.2) is 0 Å². The van der Waals surface area contributed by atoms with E-state index in [9.17, 15) is 8.42 Å². The van der Waals surface area contributed by atoms with E-state index in [1.807, 2.05) is 6.07 Å². The zero-order valence-electron chi connectivity index (χ0n) is 11.2. The van der Waals surface area contributed by atoms with Gasteiger partial charge in [-0.1, -0.05) is 17.7 Å². The van der Waals surface area contributed by atoms with Gasteiger partial charge in [-0.2, -0.15) is 13.7 Å². The lowest BCUT2D eigenvalue weighted by molar-refractivity contribution is 0.416. The summed E-state index contributed by atoms with van der Waals surface area (Å²) in [7, 11) is -1.09. The molecule has 7 nitrogen and oxygen atoms in total. The molecule has 0 aliphatic carbocycles. The molecule has 0 spiro atoms. The average molecular weight is 327 g/mol. The van der Waals surface area contributed by atoms with Crippen LogP contribution in [0.2, 0.25) is 5.15 Å². The Kier molecular flexibility index (Phi) is 4.06. The average Bonchev–Trinajstić information content (AvgIpc) is 2.79. The molecule has 21 heavy (non-hydrogen) atoms. The number of para-hydroxylation sites is 1. The Bertz CT molecular complexity index is 824. The van der Waals surface area contributed by atoms with Gasteiger partial charge in [0, 0.05) is 7.05 Å². The van der Waals surface area contributed by atoms with Crippen molar-refractivity contribution in [1.29, 1.82) is 5.26 Å².